The number of fused-ring (bicyclic) bond motifs is 3. The number of rotatable bonds is 21. The Kier molecular flexibility index (Phi) is 25.9. The van der Waals surface area contributed by atoms with Gasteiger partial charge >= 0.3 is 17.1 Å². The van der Waals surface area contributed by atoms with E-state index in [-0.39, 0.29) is 84.0 Å². The van der Waals surface area contributed by atoms with Crippen molar-refractivity contribution >= 4 is 132 Å². The van der Waals surface area contributed by atoms with Crippen molar-refractivity contribution < 1.29 is 36.0 Å². The zero-order chi connectivity index (χ0) is 78.7. The number of H-pyrrole nitrogens is 3. The molecule has 14 rings (SSSR count). The molecule has 586 valence electrons. The van der Waals surface area contributed by atoms with Gasteiger partial charge in [0, 0.05) is 72.0 Å². The molecule has 7 aromatic heterocycles. The molecule has 5 N–H and O–H groups in total. The predicted molar refractivity (Wildman–Crippen MR) is 430 cm³/mol. The molecule has 4 fully saturated rings. The third-order valence-corrected chi connectivity index (χ3v) is 25.5. The van der Waals surface area contributed by atoms with E-state index < -0.39 is 94.8 Å². The summed E-state index contributed by atoms with van der Waals surface area (Å²) in [5.41, 5.74) is -5.48. The molecular formula is C78H89ClN14O14S4. The molecule has 111 heavy (non-hydrogen) atoms. The summed E-state index contributed by atoms with van der Waals surface area (Å²) < 4.78 is 51.8. The number of benzene rings is 3. The Morgan fingerprint density at radius 2 is 1.05 bits per heavy atom. The first-order valence-corrected chi connectivity index (χ1v) is 43.5. The Hall–Kier alpha value is -9.89. The molecule has 0 bridgehead atoms. The fourth-order valence-corrected chi connectivity index (χ4v) is 18.8. The number of carbonyl (C=O) groups excluding carboxylic acids is 4. The van der Waals surface area contributed by atoms with Crippen molar-refractivity contribution in [1.82, 2.24) is 48.6 Å². The van der Waals surface area contributed by atoms with Gasteiger partial charge in [0.1, 0.15) is 29.8 Å². The van der Waals surface area contributed by atoms with Crippen molar-refractivity contribution in [3.8, 4) is 0 Å². The number of hydrogen-bond acceptors (Lipinski definition) is 20. The molecule has 4 aliphatic carbocycles. The number of amides is 4. The van der Waals surface area contributed by atoms with E-state index in [1.165, 1.54) is 102 Å². The van der Waals surface area contributed by atoms with Gasteiger partial charge in [-0.3, -0.25) is 43.4 Å². The van der Waals surface area contributed by atoms with Gasteiger partial charge in [0.2, 0.25) is 17.7 Å². The fourth-order valence-electron chi connectivity index (χ4n) is 16.1. The first-order chi connectivity index (χ1) is 53.3. The molecule has 33 heteroatoms. The van der Waals surface area contributed by atoms with Gasteiger partial charge in [-0.05, 0) is 129 Å². The van der Waals surface area contributed by atoms with Crippen molar-refractivity contribution in [2.45, 2.75) is 201 Å². The standard InChI is InChI=1S/C43H45ClN8O8S2.C21H24N4O5S2.C14H20N2O/c1-62(59,60)28-14-16-31-30(24-28)38(55)51(40(57)47-31)34(36(53)49-35-12-6-9-19-45-35)25-43(17-7-3-8-18-43)52(42-46-20-21-61-42)39(56)33(22-26-10-4-2-5-11-26)50-37(54)29-15-13-27(44)23-32(29)48-41(50)58;1-32(29,30)14-7-8-16-15(12-14)19(27)25(21(28)23-16)17(11-13-5-3-2-4-6-13)18(26)24-20-22-9-10-31-20;1-2-14(17)16(12-8-4-3-5-9-12)13-10-6-7-11-15-13/h6,9,12-16,19-21,23-24,26,33-34H,2-5,7-8,10-11,17-18,22,25H2,1H3,(H,47,57)(H,48,58)(H,45,49,53);7-10,12-13,17H,2-6,11H2,1H3,(H,23,28)(H,22,24,26);6-7,10-12H,2-5,8-9H2,1H3. The Balaban J connectivity index is 0.000000192. The van der Waals surface area contributed by atoms with Gasteiger partial charge in [-0.2, -0.15) is 0 Å². The molecule has 0 saturated heterocycles. The lowest BCUT2D eigenvalue weighted by atomic mass is 9.75. The van der Waals surface area contributed by atoms with Crippen molar-refractivity contribution in [3.63, 3.8) is 0 Å². The monoisotopic (exact) mass is 1610 g/mol. The lowest BCUT2D eigenvalue weighted by Crippen LogP contribution is -2.59. The molecule has 4 aliphatic rings. The quantitative estimate of drug-likeness (QED) is 0.0446. The Labute approximate surface area is 652 Å². The van der Waals surface area contributed by atoms with Gasteiger partial charge in [0.25, 0.3) is 22.6 Å². The summed E-state index contributed by atoms with van der Waals surface area (Å²) in [6.07, 6.45) is 27.3. The molecule has 28 nitrogen and oxygen atoms in total. The second kappa shape index (κ2) is 35.6. The normalized spacial score (nSPS) is 16.6. The van der Waals surface area contributed by atoms with Crippen LogP contribution in [0.4, 0.5) is 21.9 Å². The number of anilines is 4. The number of halogens is 1. The van der Waals surface area contributed by atoms with Gasteiger partial charge < -0.3 is 25.6 Å². The number of hydrogen-bond donors (Lipinski definition) is 5. The highest BCUT2D eigenvalue weighted by Crippen LogP contribution is 2.45. The van der Waals surface area contributed by atoms with Crippen molar-refractivity contribution in [2.75, 3.05) is 32.9 Å². The van der Waals surface area contributed by atoms with Crippen molar-refractivity contribution in [1.29, 1.82) is 0 Å². The van der Waals surface area contributed by atoms with E-state index in [1.807, 2.05) is 30.0 Å². The largest absolute Gasteiger partial charge is 0.329 e. The van der Waals surface area contributed by atoms with E-state index in [0.29, 0.717) is 54.7 Å². The zero-order valence-corrected chi connectivity index (χ0v) is 65.8. The molecule has 0 radical (unpaired) electrons. The van der Waals surface area contributed by atoms with Crippen LogP contribution in [0.2, 0.25) is 5.02 Å². The lowest BCUT2D eigenvalue weighted by Gasteiger charge is -2.48. The van der Waals surface area contributed by atoms with Crippen LogP contribution >= 0.6 is 34.3 Å². The molecule has 4 amide bonds. The van der Waals surface area contributed by atoms with E-state index in [1.54, 1.807) is 47.4 Å². The third kappa shape index (κ3) is 18.8. The summed E-state index contributed by atoms with van der Waals surface area (Å²) >= 11 is 8.65. The smallest absolute Gasteiger partial charge is 0.309 e. The second-order valence-electron chi connectivity index (χ2n) is 29.1. The van der Waals surface area contributed by atoms with Gasteiger partial charge in [0.15, 0.2) is 29.9 Å². The number of thiazole rings is 2. The highest BCUT2D eigenvalue weighted by Gasteiger charge is 2.49. The Morgan fingerprint density at radius 3 is 1.57 bits per heavy atom. The first kappa shape index (κ1) is 80.6. The average Bonchev–Trinajstić information content (AvgIpc) is 1.76. The summed E-state index contributed by atoms with van der Waals surface area (Å²) in [7, 11) is -7.34. The maximum Gasteiger partial charge on any atom is 0.329 e. The van der Waals surface area contributed by atoms with Crippen LogP contribution in [0.3, 0.4) is 0 Å². The van der Waals surface area contributed by atoms with E-state index >= 15 is 4.79 Å². The Morgan fingerprint density at radius 1 is 0.541 bits per heavy atom. The molecule has 3 unspecified atom stereocenters. The van der Waals surface area contributed by atoms with Crippen LogP contribution in [0, 0.1) is 11.8 Å². The second-order valence-corrected chi connectivity index (χ2v) is 35.3. The van der Waals surface area contributed by atoms with Crippen LogP contribution < -0.4 is 54.2 Å². The lowest BCUT2D eigenvalue weighted by molar-refractivity contribution is -0.125. The van der Waals surface area contributed by atoms with Crippen LogP contribution in [0.5, 0.6) is 0 Å². The summed E-state index contributed by atoms with van der Waals surface area (Å²) in [4.78, 5) is 168. The molecule has 0 spiro atoms. The number of aromatic amines is 3. The van der Waals surface area contributed by atoms with E-state index in [4.69, 9.17) is 11.6 Å². The highest BCUT2D eigenvalue weighted by atomic mass is 35.5. The van der Waals surface area contributed by atoms with Crippen molar-refractivity contribution in [2.24, 2.45) is 11.8 Å². The van der Waals surface area contributed by atoms with E-state index in [0.717, 1.165) is 122 Å². The summed E-state index contributed by atoms with van der Waals surface area (Å²) in [5, 5.41) is 9.90. The molecule has 10 aromatic rings. The Bertz CT molecular complexity index is 5640. The average molecular weight is 1610 g/mol. The topological polar surface area (TPSA) is 383 Å². The van der Waals surface area contributed by atoms with E-state index in [2.05, 4.69) is 45.5 Å². The van der Waals surface area contributed by atoms with Gasteiger partial charge in [-0.25, -0.2) is 64.9 Å². The molecule has 0 aliphatic heterocycles. The molecule has 3 atom stereocenters. The number of carbonyl (C=O) groups is 4. The minimum Gasteiger partial charge on any atom is -0.309 e. The fraction of sp³-hybridized carbons (Fsp3) is 0.436. The van der Waals surface area contributed by atoms with Crippen LogP contribution in [-0.4, -0.2) is 113 Å². The predicted octanol–water partition coefficient (Wildman–Crippen LogP) is 12.0. The minimum atomic E-state index is -3.78. The number of nitrogens with one attached hydrogen (secondary N) is 5. The number of sulfone groups is 2. The summed E-state index contributed by atoms with van der Waals surface area (Å²) in [6, 6.07) is 19.3. The maximum absolute atomic E-state index is 15.9. The number of pyridine rings is 2. The van der Waals surface area contributed by atoms with Crippen LogP contribution in [-0.2, 0) is 38.9 Å². The molecular weight excluding hydrogens is 1520 g/mol. The molecule has 3 aromatic carbocycles. The van der Waals surface area contributed by atoms with Gasteiger partial charge in [-0.15, -0.1) is 22.7 Å². The van der Waals surface area contributed by atoms with Gasteiger partial charge in [-0.1, -0.05) is 133 Å². The zero-order valence-electron chi connectivity index (χ0n) is 61.8. The highest BCUT2D eigenvalue weighted by molar-refractivity contribution is 7.91. The maximum atomic E-state index is 15.9. The number of nitrogens with zero attached hydrogens (tertiary/aromatic N) is 9. The molecule has 4 saturated carbocycles. The van der Waals surface area contributed by atoms with Crippen LogP contribution in [0.1, 0.15) is 179 Å². The minimum absolute atomic E-state index is 0.00817. The summed E-state index contributed by atoms with van der Waals surface area (Å²) in [6.45, 7) is 1.92. The first-order valence-electron chi connectivity index (χ1n) is 37.6. The number of aromatic nitrogens is 10. The van der Waals surface area contributed by atoms with Gasteiger partial charge in [0.05, 0.1) is 48.0 Å². The SMILES string of the molecule is CCC(=O)N(c1ccccn1)C1CCCCC1.CS(=O)(=O)c1ccc2[nH]c(=O)n(C(CC3(N(C(=O)C(CC4CCCCC4)n4c(=O)[nH]c5cc(Cl)ccc5c4=O)c4nccs4)CCCCC3)C(=O)Nc3ccccn3)c(=O)c2c1.CS(=O)(=O)c1ccc2[nH]c(=O)n(C(CC3CCCCC3)C(=O)Nc3nccs3)c(=O)c2c1. The molecule has 7 heterocycles. The van der Waals surface area contributed by atoms with Crippen LogP contribution in [0.25, 0.3) is 32.7 Å². The summed E-state index contributed by atoms with van der Waals surface area (Å²) in [5.74, 6) is -0.505. The van der Waals surface area contributed by atoms with E-state index in [9.17, 15) is 60.0 Å². The van der Waals surface area contributed by atoms with Crippen LogP contribution in [0.15, 0.2) is 165 Å². The van der Waals surface area contributed by atoms with Crippen molar-refractivity contribution in [3.05, 3.63) is 194 Å². The third-order valence-electron chi connectivity index (χ3n) is 21.6.